The Morgan fingerprint density at radius 3 is 2.53 bits per heavy atom. The lowest BCUT2D eigenvalue weighted by Crippen LogP contribution is -2.26. The number of rotatable bonds is 6. The molecule has 1 heterocycles. The summed E-state index contributed by atoms with van der Waals surface area (Å²) in [6.45, 7) is 0.829. The van der Waals surface area contributed by atoms with Crippen LogP contribution in [0.15, 0.2) is 72.8 Å². The van der Waals surface area contributed by atoms with Crippen LogP contribution >= 0.6 is 0 Å². The molecule has 160 valence electrons. The Balaban J connectivity index is 1.12. The molecular formula is C26H24N4O2. The Bertz CT molecular complexity index is 1260. The molecule has 1 aromatic heterocycles. The summed E-state index contributed by atoms with van der Waals surface area (Å²) >= 11 is 0. The van der Waals surface area contributed by atoms with E-state index in [1.165, 1.54) is 22.3 Å². The van der Waals surface area contributed by atoms with Gasteiger partial charge in [0.05, 0.1) is 5.52 Å². The van der Waals surface area contributed by atoms with Gasteiger partial charge in [0.15, 0.2) is 5.82 Å². The number of nitrogen functional groups attached to an aromatic ring is 1. The number of aromatic nitrogens is 2. The van der Waals surface area contributed by atoms with Crippen LogP contribution in [0.5, 0.6) is 0 Å². The molecule has 0 aliphatic heterocycles. The molecule has 0 radical (unpaired) electrons. The van der Waals surface area contributed by atoms with Crippen molar-refractivity contribution in [2.75, 3.05) is 18.9 Å². The molecule has 1 aliphatic carbocycles. The van der Waals surface area contributed by atoms with Crippen LogP contribution in [0.1, 0.15) is 29.0 Å². The van der Waals surface area contributed by atoms with E-state index in [4.69, 9.17) is 10.5 Å². The van der Waals surface area contributed by atoms with Crippen molar-refractivity contribution in [2.24, 2.45) is 0 Å². The van der Waals surface area contributed by atoms with Crippen molar-refractivity contribution in [3.8, 4) is 11.1 Å². The molecule has 0 fully saturated rings. The molecule has 1 aliphatic rings. The third-order valence-corrected chi connectivity index (χ3v) is 5.85. The second-order valence-electron chi connectivity index (χ2n) is 7.86. The van der Waals surface area contributed by atoms with Crippen LogP contribution in [0.4, 0.5) is 10.6 Å². The van der Waals surface area contributed by atoms with E-state index >= 15 is 0 Å². The monoisotopic (exact) mass is 424 g/mol. The van der Waals surface area contributed by atoms with Crippen LogP contribution in [0.3, 0.4) is 0 Å². The summed E-state index contributed by atoms with van der Waals surface area (Å²) in [7, 11) is 0. The molecule has 3 aromatic carbocycles. The van der Waals surface area contributed by atoms with Gasteiger partial charge in [-0.2, -0.15) is 5.10 Å². The van der Waals surface area contributed by atoms with Crippen molar-refractivity contribution in [3.05, 3.63) is 89.5 Å². The van der Waals surface area contributed by atoms with Crippen LogP contribution in [0, 0.1) is 0 Å². The molecule has 0 saturated heterocycles. The normalized spacial score (nSPS) is 12.8. The van der Waals surface area contributed by atoms with Crippen LogP contribution in [0.2, 0.25) is 0 Å². The van der Waals surface area contributed by atoms with Gasteiger partial charge >= 0.3 is 6.09 Å². The maximum atomic E-state index is 12.2. The van der Waals surface area contributed by atoms with Crippen LogP contribution in [0.25, 0.3) is 28.1 Å². The Hall–Kier alpha value is -4.06. The van der Waals surface area contributed by atoms with Crippen LogP contribution < -0.4 is 11.1 Å². The molecule has 5 rings (SSSR count). The molecule has 6 heteroatoms. The summed E-state index contributed by atoms with van der Waals surface area (Å²) in [6, 6.07) is 22.6. The standard InChI is InChI=1S/C26H24N4O2/c27-25-22-13-12-17(15-24(22)29-30-25)7-5-6-14-28-26(31)32-16-23-20-10-3-1-8-18(20)19-9-2-4-11-21(19)23/h1-5,7-13,15,23H,6,14,16H2,(H,28,31)(H3,27,29,30). The van der Waals surface area contributed by atoms with Gasteiger partial charge in [0.2, 0.25) is 0 Å². The fourth-order valence-corrected chi connectivity index (χ4v) is 4.29. The van der Waals surface area contributed by atoms with E-state index in [0.717, 1.165) is 16.5 Å². The van der Waals surface area contributed by atoms with Crippen molar-refractivity contribution in [3.63, 3.8) is 0 Å². The predicted octanol–water partition coefficient (Wildman–Crippen LogP) is 5.09. The first-order valence-corrected chi connectivity index (χ1v) is 10.7. The first kappa shape index (κ1) is 19.9. The number of H-pyrrole nitrogens is 1. The van der Waals surface area contributed by atoms with Gasteiger partial charge < -0.3 is 15.8 Å². The van der Waals surface area contributed by atoms with Gasteiger partial charge in [-0.3, -0.25) is 5.10 Å². The number of benzene rings is 3. The minimum Gasteiger partial charge on any atom is -0.449 e. The van der Waals surface area contributed by atoms with Crippen molar-refractivity contribution < 1.29 is 9.53 Å². The minimum atomic E-state index is -0.394. The molecule has 1 amide bonds. The number of alkyl carbamates (subject to hydrolysis) is 1. The molecular weight excluding hydrogens is 400 g/mol. The number of hydrogen-bond donors (Lipinski definition) is 3. The lowest BCUT2D eigenvalue weighted by Gasteiger charge is -2.14. The molecule has 4 N–H and O–H groups in total. The molecule has 6 nitrogen and oxygen atoms in total. The molecule has 0 unspecified atom stereocenters. The van der Waals surface area contributed by atoms with E-state index < -0.39 is 6.09 Å². The van der Waals surface area contributed by atoms with Crippen molar-refractivity contribution in [1.82, 2.24) is 15.5 Å². The second kappa shape index (κ2) is 8.59. The van der Waals surface area contributed by atoms with E-state index in [0.29, 0.717) is 25.4 Å². The van der Waals surface area contributed by atoms with Gasteiger partial charge in [0.25, 0.3) is 0 Å². The summed E-state index contributed by atoms with van der Waals surface area (Å²) in [5.41, 5.74) is 12.6. The largest absolute Gasteiger partial charge is 0.449 e. The zero-order chi connectivity index (χ0) is 21.9. The number of aromatic amines is 1. The maximum absolute atomic E-state index is 12.2. The van der Waals surface area contributed by atoms with Crippen LogP contribution in [-0.2, 0) is 4.74 Å². The fourth-order valence-electron chi connectivity index (χ4n) is 4.29. The number of fused-ring (bicyclic) bond motifs is 4. The summed E-state index contributed by atoms with van der Waals surface area (Å²) in [6.07, 6.45) is 4.34. The number of carbonyl (C=O) groups is 1. The number of nitrogens with zero attached hydrogens (tertiary/aromatic N) is 1. The smallest absolute Gasteiger partial charge is 0.407 e. The van der Waals surface area contributed by atoms with Gasteiger partial charge in [-0.25, -0.2) is 4.79 Å². The summed E-state index contributed by atoms with van der Waals surface area (Å²) in [5, 5.41) is 10.7. The van der Waals surface area contributed by atoms with Crippen molar-refractivity contribution in [2.45, 2.75) is 12.3 Å². The molecule has 0 atom stereocenters. The highest BCUT2D eigenvalue weighted by Gasteiger charge is 2.28. The van der Waals surface area contributed by atoms with E-state index in [1.807, 2.05) is 54.6 Å². The number of nitrogens with one attached hydrogen (secondary N) is 2. The number of nitrogens with two attached hydrogens (primary N) is 1. The zero-order valence-corrected chi connectivity index (χ0v) is 17.5. The number of hydrogen-bond acceptors (Lipinski definition) is 4. The Morgan fingerprint density at radius 2 is 1.78 bits per heavy atom. The molecule has 4 aromatic rings. The first-order chi connectivity index (χ1) is 15.7. The van der Waals surface area contributed by atoms with Gasteiger partial charge in [-0.15, -0.1) is 0 Å². The Kier molecular flexibility index (Phi) is 5.34. The third-order valence-electron chi connectivity index (χ3n) is 5.85. The first-order valence-electron chi connectivity index (χ1n) is 10.7. The Labute approximate surface area is 186 Å². The van der Waals surface area contributed by atoms with Crippen molar-refractivity contribution >= 4 is 28.9 Å². The summed E-state index contributed by atoms with van der Waals surface area (Å²) in [5.74, 6) is 0.572. The summed E-state index contributed by atoms with van der Waals surface area (Å²) in [4.78, 5) is 12.2. The Morgan fingerprint density at radius 1 is 1.06 bits per heavy atom. The minimum absolute atomic E-state index is 0.0690. The molecule has 32 heavy (non-hydrogen) atoms. The van der Waals surface area contributed by atoms with Gasteiger partial charge in [0.1, 0.15) is 6.61 Å². The van der Waals surface area contributed by atoms with Crippen LogP contribution in [-0.4, -0.2) is 29.4 Å². The lowest BCUT2D eigenvalue weighted by molar-refractivity contribution is 0.143. The highest BCUT2D eigenvalue weighted by molar-refractivity contribution is 5.90. The maximum Gasteiger partial charge on any atom is 0.407 e. The van der Waals surface area contributed by atoms with E-state index in [1.54, 1.807) is 0 Å². The van der Waals surface area contributed by atoms with E-state index in [2.05, 4.69) is 39.8 Å². The van der Waals surface area contributed by atoms with Gasteiger partial charge in [0, 0.05) is 17.8 Å². The lowest BCUT2D eigenvalue weighted by atomic mass is 9.98. The predicted molar refractivity (Wildman–Crippen MR) is 127 cm³/mol. The molecule has 0 bridgehead atoms. The number of anilines is 1. The highest BCUT2D eigenvalue weighted by Crippen LogP contribution is 2.44. The summed E-state index contributed by atoms with van der Waals surface area (Å²) < 4.78 is 5.56. The quantitative estimate of drug-likeness (QED) is 0.376. The topological polar surface area (TPSA) is 93.0 Å². The average molecular weight is 425 g/mol. The number of amides is 1. The SMILES string of the molecule is Nc1n[nH]c2cc(C=CCCNC(=O)OCC3c4ccccc4-c4ccccc43)ccc12. The van der Waals surface area contributed by atoms with Gasteiger partial charge in [-0.1, -0.05) is 66.7 Å². The molecule has 0 spiro atoms. The van der Waals surface area contributed by atoms with Gasteiger partial charge in [-0.05, 0) is 46.4 Å². The number of carbonyl (C=O) groups excluding carboxylic acids is 1. The zero-order valence-electron chi connectivity index (χ0n) is 17.5. The fraction of sp³-hybridized carbons (Fsp3) is 0.154. The number of ether oxygens (including phenoxy) is 1. The van der Waals surface area contributed by atoms with E-state index in [-0.39, 0.29) is 5.92 Å². The van der Waals surface area contributed by atoms with Crippen molar-refractivity contribution in [1.29, 1.82) is 0 Å². The van der Waals surface area contributed by atoms with E-state index in [9.17, 15) is 4.79 Å². The second-order valence-corrected chi connectivity index (χ2v) is 7.86. The average Bonchev–Trinajstić information content (AvgIpc) is 3.35. The highest BCUT2D eigenvalue weighted by atomic mass is 16.5. The molecule has 0 saturated carbocycles. The third kappa shape index (κ3) is 3.83.